The SMILES string of the molecule is CCCCCCC/C=C\C/C=C\C/C=C\CCCCCCCCCCCCCCCCCCCCCCCCCCC(=O)NC(COP(=O)(O)OCC[N+](C)(C)C)C(O)CCCCCCC. The largest absolute Gasteiger partial charge is 0.472 e. The van der Waals surface area contributed by atoms with E-state index in [2.05, 4.69) is 55.6 Å². The maximum absolute atomic E-state index is 12.8. The summed E-state index contributed by atoms with van der Waals surface area (Å²) in [5.74, 6) is -0.148. The van der Waals surface area contributed by atoms with Gasteiger partial charge in [-0.25, -0.2) is 4.57 Å². The average molecular weight is 953 g/mol. The van der Waals surface area contributed by atoms with Crippen LogP contribution in [0.15, 0.2) is 36.5 Å². The van der Waals surface area contributed by atoms with Gasteiger partial charge >= 0.3 is 7.82 Å². The van der Waals surface area contributed by atoms with Crippen molar-refractivity contribution < 1.29 is 32.9 Å². The van der Waals surface area contributed by atoms with Gasteiger partial charge in [-0.15, -0.1) is 0 Å². The minimum atomic E-state index is -4.30. The second-order valence-corrected chi connectivity index (χ2v) is 22.1. The second-order valence-electron chi connectivity index (χ2n) is 20.7. The summed E-state index contributed by atoms with van der Waals surface area (Å²) in [5, 5.41) is 13.8. The van der Waals surface area contributed by atoms with Crippen molar-refractivity contribution in [1.82, 2.24) is 5.32 Å². The van der Waals surface area contributed by atoms with E-state index in [-0.39, 0.29) is 19.1 Å². The van der Waals surface area contributed by atoms with Gasteiger partial charge in [0, 0.05) is 6.42 Å². The highest BCUT2D eigenvalue weighted by Gasteiger charge is 2.28. The molecule has 0 aromatic carbocycles. The molecule has 3 unspecified atom stereocenters. The van der Waals surface area contributed by atoms with Gasteiger partial charge in [-0.05, 0) is 51.4 Å². The molecule has 66 heavy (non-hydrogen) atoms. The lowest BCUT2D eigenvalue weighted by Gasteiger charge is -2.26. The molecule has 0 aliphatic heterocycles. The Kier molecular flexibility index (Phi) is 47.8. The van der Waals surface area contributed by atoms with Crippen LogP contribution in [0, 0.1) is 0 Å². The number of phosphoric acid groups is 1. The highest BCUT2D eigenvalue weighted by Crippen LogP contribution is 2.43. The Bertz CT molecular complexity index is 1170. The first-order chi connectivity index (χ1) is 32.0. The summed E-state index contributed by atoms with van der Waals surface area (Å²) in [5.41, 5.74) is 0. The summed E-state index contributed by atoms with van der Waals surface area (Å²) < 4.78 is 23.5. The maximum Gasteiger partial charge on any atom is 0.472 e. The molecular formula is C57H112N2O6P+. The summed E-state index contributed by atoms with van der Waals surface area (Å²) in [7, 11) is 1.62. The first-order valence-corrected chi connectivity index (χ1v) is 29.8. The van der Waals surface area contributed by atoms with Crippen molar-refractivity contribution in [3.05, 3.63) is 36.5 Å². The Balaban J connectivity index is 3.68. The fourth-order valence-electron chi connectivity index (χ4n) is 8.41. The molecule has 0 saturated heterocycles. The minimum absolute atomic E-state index is 0.0754. The Morgan fingerprint density at radius 1 is 0.515 bits per heavy atom. The normalized spacial score (nSPS) is 14.2. The molecule has 3 atom stereocenters. The lowest BCUT2D eigenvalue weighted by Crippen LogP contribution is -2.46. The zero-order valence-electron chi connectivity index (χ0n) is 44.4. The van der Waals surface area contributed by atoms with Crippen molar-refractivity contribution in [1.29, 1.82) is 0 Å². The maximum atomic E-state index is 12.8. The third kappa shape index (κ3) is 50.6. The molecule has 8 nitrogen and oxygen atoms in total. The molecule has 0 rings (SSSR count). The quantitative estimate of drug-likeness (QED) is 0.0243. The smallest absolute Gasteiger partial charge is 0.391 e. The third-order valence-corrected chi connectivity index (χ3v) is 13.9. The van der Waals surface area contributed by atoms with E-state index in [0.717, 1.165) is 64.2 Å². The van der Waals surface area contributed by atoms with E-state index >= 15 is 0 Å². The number of aliphatic hydroxyl groups is 1. The Hall–Kier alpha value is -1.28. The zero-order valence-corrected chi connectivity index (χ0v) is 45.3. The van der Waals surface area contributed by atoms with E-state index < -0.39 is 20.0 Å². The standard InChI is InChI=1S/C57H111N2O6P/c1-6-8-10-12-13-14-15-16-17-18-19-20-21-22-23-24-25-26-27-28-29-30-31-32-33-34-35-36-37-38-39-40-41-42-43-44-45-47-49-51-57(61)58-55(56(60)50-48-46-11-9-7-2)54-65-66(62,63)64-53-52-59(3,4)5/h15-16,18-19,21-22,55-56,60H,6-14,17,20,23-54H2,1-5H3,(H-,58,61,62,63)/p+1/b16-15-,19-18-,22-21-. The van der Waals surface area contributed by atoms with Crippen molar-refractivity contribution in [2.45, 2.75) is 283 Å². The summed E-state index contributed by atoms with van der Waals surface area (Å²) in [6.45, 7) is 4.80. The second kappa shape index (κ2) is 48.7. The number of carbonyl (C=O) groups is 1. The van der Waals surface area contributed by atoms with Crippen molar-refractivity contribution >= 4 is 13.7 Å². The molecule has 0 aromatic heterocycles. The van der Waals surface area contributed by atoms with E-state index in [1.165, 1.54) is 180 Å². The van der Waals surface area contributed by atoms with Gasteiger partial charge in [0.15, 0.2) is 0 Å². The van der Waals surface area contributed by atoms with Crippen LogP contribution in [-0.4, -0.2) is 73.4 Å². The number of nitrogens with one attached hydrogen (secondary N) is 1. The van der Waals surface area contributed by atoms with Gasteiger partial charge < -0.3 is 19.8 Å². The van der Waals surface area contributed by atoms with Gasteiger partial charge in [-0.3, -0.25) is 13.8 Å². The molecular weight excluding hydrogens is 840 g/mol. The Morgan fingerprint density at radius 2 is 0.864 bits per heavy atom. The molecule has 3 N–H and O–H groups in total. The number of quaternary nitrogens is 1. The Labute approximate surface area is 410 Å². The molecule has 0 spiro atoms. The fraction of sp³-hybridized carbons (Fsp3) is 0.877. The predicted molar refractivity (Wildman–Crippen MR) is 286 cm³/mol. The van der Waals surface area contributed by atoms with Crippen molar-refractivity contribution in [3.63, 3.8) is 0 Å². The number of hydrogen-bond acceptors (Lipinski definition) is 5. The average Bonchev–Trinajstić information content (AvgIpc) is 3.27. The number of aliphatic hydroxyl groups excluding tert-OH is 1. The number of carbonyl (C=O) groups excluding carboxylic acids is 1. The lowest BCUT2D eigenvalue weighted by molar-refractivity contribution is -0.870. The highest BCUT2D eigenvalue weighted by atomic mass is 31.2. The van der Waals surface area contributed by atoms with Crippen LogP contribution in [-0.2, 0) is 18.4 Å². The van der Waals surface area contributed by atoms with E-state index in [0.29, 0.717) is 23.9 Å². The number of amides is 1. The topological polar surface area (TPSA) is 105 Å². The van der Waals surface area contributed by atoms with Gasteiger partial charge in [0.2, 0.25) is 5.91 Å². The number of rotatable bonds is 52. The van der Waals surface area contributed by atoms with Gasteiger partial charge in [0.25, 0.3) is 0 Å². The molecule has 390 valence electrons. The highest BCUT2D eigenvalue weighted by molar-refractivity contribution is 7.47. The van der Waals surface area contributed by atoms with Crippen LogP contribution in [0.4, 0.5) is 0 Å². The first kappa shape index (κ1) is 64.7. The number of phosphoric ester groups is 1. The van der Waals surface area contributed by atoms with E-state index in [1.807, 2.05) is 21.1 Å². The summed E-state index contributed by atoms with van der Waals surface area (Å²) in [4.78, 5) is 23.0. The van der Waals surface area contributed by atoms with Gasteiger partial charge in [-0.2, -0.15) is 0 Å². The molecule has 0 aromatic rings. The first-order valence-electron chi connectivity index (χ1n) is 28.4. The van der Waals surface area contributed by atoms with Crippen LogP contribution in [0.2, 0.25) is 0 Å². The fourth-order valence-corrected chi connectivity index (χ4v) is 9.14. The predicted octanol–water partition coefficient (Wildman–Crippen LogP) is 17.0. The number of nitrogens with zero attached hydrogens (tertiary/aromatic N) is 1. The Morgan fingerprint density at radius 3 is 1.26 bits per heavy atom. The summed E-state index contributed by atoms with van der Waals surface area (Å²) in [6, 6.07) is -0.754. The molecule has 1 amide bonds. The van der Waals surface area contributed by atoms with Crippen LogP contribution >= 0.6 is 7.82 Å². The van der Waals surface area contributed by atoms with Crippen LogP contribution < -0.4 is 5.32 Å². The number of unbranched alkanes of at least 4 members (excludes halogenated alkanes) is 33. The number of hydrogen-bond donors (Lipinski definition) is 3. The molecule has 0 saturated carbocycles. The molecule has 0 aliphatic rings. The minimum Gasteiger partial charge on any atom is -0.391 e. The lowest BCUT2D eigenvalue weighted by atomic mass is 10.0. The van der Waals surface area contributed by atoms with Gasteiger partial charge in [0.05, 0.1) is 39.9 Å². The monoisotopic (exact) mass is 952 g/mol. The van der Waals surface area contributed by atoms with Crippen LogP contribution in [0.5, 0.6) is 0 Å². The molecule has 0 fully saturated rings. The summed E-state index contributed by atoms with van der Waals surface area (Å²) >= 11 is 0. The van der Waals surface area contributed by atoms with Gasteiger partial charge in [0.1, 0.15) is 13.2 Å². The zero-order chi connectivity index (χ0) is 48.5. The van der Waals surface area contributed by atoms with Crippen molar-refractivity contribution in [2.24, 2.45) is 0 Å². The molecule has 0 radical (unpaired) electrons. The van der Waals surface area contributed by atoms with Crippen molar-refractivity contribution in [3.8, 4) is 0 Å². The number of likely N-dealkylation sites (N-methyl/N-ethyl adjacent to an activating group) is 1. The van der Waals surface area contributed by atoms with Crippen LogP contribution in [0.25, 0.3) is 0 Å². The van der Waals surface area contributed by atoms with E-state index in [9.17, 15) is 19.4 Å². The van der Waals surface area contributed by atoms with Crippen molar-refractivity contribution in [2.75, 3.05) is 40.9 Å². The van der Waals surface area contributed by atoms with E-state index in [1.54, 1.807) is 0 Å². The summed E-state index contributed by atoms with van der Waals surface area (Å²) in [6.07, 6.45) is 62.8. The molecule has 0 aliphatic carbocycles. The number of allylic oxidation sites excluding steroid dienone is 6. The van der Waals surface area contributed by atoms with Crippen LogP contribution in [0.1, 0.15) is 271 Å². The van der Waals surface area contributed by atoms with Crippen LogP contribution in [0.3, 0.4) is 0 Å². The molecule has 9 heteroatoms. The van der Waals surface area contributed by atoms with E-state index in [4.69, 9.17) is 9.05 Å². The van der Waals surface area contributed by atoms with Gasteiger partial charge in [-0.1, -0.05) is 249 Å². The third-order valence-electron chi connectivity index (χ3n) is 12.9. The molecule has 0 bridgehead atoms. The molecule has 0 heterocycles.